The lowest BCUT2D eigenvalue weighted by Gasteiger charge is -2.16. The zero-order valence-corrected chi connectivity index (χ0v) is 60.9. The number of amides is 1. The maximum absolute atomic E-state index is 11.8. The minimum atomic E-state index is -4.37. The number of likely N-dealkylation sites (N-methyl/N-ethyl adjacent to an activating group) is 6. The van der Waals surface area contributed by atoms with Crippen LogP contribution in [0.3, 0.4) is 0 Å². The second-order valence-electron chi connectivity index (χ2n) is 18.7. The van der Waals surface area contributed by atoms with Gasteiger partial charge in [-0.05, 0) is 48.7 Å². The van der Waals surface area contributed by atoms with Gasteiger partial charge in [0, 0.05) is 39.2 Å². The lowest BCUT2D eigenvalue weighted by atomic mass is 10.1. The summed E-state index contributed by atoms with van der Waals surface area (Å²) in [4.78, 5) is 109. The molecule has 1 amide bonds. The number of rotatable bonds is 41. The Labute approximate surface area is 575 Å². The number of thioether (sulfide) groups is 1. The molecule has 1 fully saturated rings. The summed E-state index contributed by atoms with van der Waals surface area (Å²) in [5, 5.41) is 34.4. The molecule has 0 aromatic carbocycles. The number of carbonyl (C=O) groups is 10. The molecule has 46 heteroatoms. The second-order valence-corrected chi connectivity index (χ2v) is 25.8. The molecule has 7 atom stereocenters. The number of aliphatic hydroxyl groups excluding tert-OH is 1. The topological polar surface area (TPSA) is 605 Å². The Bertz CT molecular complexity index is 2800. The quantitative estimate of drug-likeness (QED) is 0.00676. The van der Waals surface area contributed by atoms with E-state index in [1.54, 1.807) is 28.1 Å². The van der Waals surface area contributed by atoms with Crippen molar-refractivity contribution in [3.8, 4) is 12.3 Å². The number of esters is 5. The van der Waals surface area contributed by atoms with Gasteiger partial charge in [0.15, 0.2) is 16.7 Å². The van der Waals surface area contributed by atoms with Crippen LogP contribution in [-0.2, 0) is 136 Å². The Morgan fingerprint density at radius 2 is 0.878 bits per heavy atom. The van der Waals surface area contributed by atoms with Crippen LogP contribution in [0.15, 0.2) is 0 Å². The number of carboxylic acid groups (broad SMARTS) is 1. The zero-order chi connectivity index (χ0) is 77.3. The average molecular weight is 1530 g/mol. The summed E-state index contributed by atoms with van der Waals surface area (Å²) >= 11 is 1.11. The van der Waals surface area contributed by atoms with Crippen molar-refractivity contribution in [3.63, 3.8) is 0 Å². The molecule has 0 aromatic heterocycles. The van der Waals surface area contributed by atoms with Gasteiger partial charge < -0.3 is 94.8 Å². The van der Waals surface area contributed by atoms with E-state index < -0.39 is 147 Å². The molecule has 576 valence electrons. The number of ketones is 2. The number of aliphatic carboxylic acids is 1. The van der Waals surface area contributed by atoms with Gasteiger partial charge in [-0.25, -0.2) is 0 Å². The van der Waals surface area contributed by atoms with E-state index >= 15 is 0 Å². The molecule has 0 saturated heterocycles. The van der Waals surface area contributed by atoms with Crippen molar-refractivity contribution >= 4 is 111 Å². The molecule has 0 radical (unpaired) electrons. The summed E-state index contributed by atoms with van der Waals surface area (Å²) < 4.78 is 166. The van der Waals surface area contributed by atoms with Crippen LogP contribution >= 0.6 is 11.8 Å². The van der Waals surface area contributed by atoms with Gasteiger partial charge in [0.05, 0.1) is 99.6 Å². The Hall–Kier alpha value is -5.63. The highest BCUT2D eigenvalue weighted by Gasteiger charge is 2.38. The van der Waals surface area contributed by atoms with Gasteiger partial charge in [0.2, 0.25) is 12.0 Å². The van der Waals surface area contributed by atoms with Gasteiger partial charge in [-0.15, -0.1) is 6.42 Å². The Morgan fingerprint density at radius 1 is 0.531 bits per heavy atom. The van der Waals surface area contributed by atoms with Crippen LogP contribution < -0.4 is 37.2 Å². The lowest BCUT2D eigenvalue weighted by molar-refractivity contribution is -0.158. The standard InChI is InChI=1S/C16H29NO8S.C9H13NO7S.C7H13NO3S.C6H13NO3.C5H11NO5S.C5H11NO3.C4H9NO5S/c1-3-6-22-8-10-24-12-13-25-11-9-23-7-5-17-16(18)15(4-2)14-26(19,20)21;1-10-5(4-18(14,15)16)9(13)17-8-6(11)2-3-7(8)12;1-5(9)12-4-6(8-2)7(10)11-3;1-7-5(4-9-2)6(8)10-3;1-6-4(5(7)11-2)3-12(8,9)10;1-6-4(3-7)5(8)9-2;1-5-3(4(6)7)2-11(8,9)10/h1,15H,4-14H2,2H3,(H,17,18)(H,19,20,21);5,8,10H,2-4H2,1H3,(H,14,15,16);6,8H,4H2,1-3H3;5,7H,4H2,1-3H3;4,6H,3H2,1-2H3,(H,8,9,10);4,6-7H,3H2,1-2H3;3,5H,2H2,1H3,(H,6,7)(H,8,9,10)/t15-;5-;6-;5-;2*4-;3-/m0000000/s1. The molecule has 0 bridgehead atoms. The predicted octanol–water partition coefficient (Wildman–Crippen LogP) is -6.64. The molecular formula is C52H99N7O34S5. The van der Waals surface area contributed by atoms with Crippen molar-refractivity contribution in [1.29, 1.82) is 0 Å². The van der Waals surface area contributed by atoms with Gasteiger partial charge >= 0.3 is 35.8 Å². The van der Waals surface area contributed by atoms with E-state index in [9.17, 15) is 81.6 Å². The molecular weight excluding hydrogens is 1430 g/mol. The minimum Gasteiger partial charge on any atom is -0.480 e. The number of ether oxygens (including phenoxy) is 10. The van der Waals surface area contributed by atoms with Crippen LogP contribution in [0, 0.1) is 18.3 Å². The van der Waals surface area contributed by atoms with Crippen molar-refractivity contribution < 1.29 is 157 Å². The fraction of sp³-hybridized carbons (Fsp3) is 0.769. The number of Topliss-reactive ketones (excluding diaryl/α,β-unsaturated/α-hetero) is 2. The van der Waals surface area contributed by atoms with E-state index in [0.29, 0.717) is 58.4 Å². The largest absolute Gasteiger partial charge is 0.480 e. The van der Waals surface area contributed by atoms with Crippen LogP contribution in [0.1, 0.15) is 33.1 Å². The van der Waals surface area contributed by atoms with E-state index in [4.69, 9.17) is 58.5 Å². The molecule has 0 heterocycles. The summed E-state index contributed by atoms with van der Waals surface area (Å²) in [6.45, 7) is 6.59. The third-order valence-electron chi connectivity index (χ3n) is 11.3. The number of aliphatic hydroxyl groups is 1. The van der Waals surface area contributed by atoms with E-state index in [2.05, 4.69) is 66.8 Å². The first-order chi connectivity index (χ1) is 45.5. The number of methoxy groups -OCH3 is 5. The third kappa shape index (κ3) is 62.6. The van der Waals surface area contributed by atoms with Gasteiger partial charge in [-0.3, -0.25) is 66.2 Å². The average Bonchev–Trinajstić information content (AvgIpc) is 1.69. The molecule has 0 aromatic rings. The van der Waals surface area contributed by atoms with E-state index in [1.165, 1.54) is 56.5 Å². The van der Waals surface area contributed by atoms with Gasteiger partial charge in [0.25, 0.3) is 40.5 Å². The van der Waals surface area contributed by atoms with Gasteiger partial charge in [0.1, 0.15) is 60.1 Å². The zero-order valence-electron chi connectivity index (χ0n) is 56.8. The fourth-order valence-electron chi connectivity index (χ4n) is 6.04. The van der Waals surface area contributed by atoms with Crippen LogP contribution in [0.25, 0.3) is 0 Å². The minimum absolute atomic E-state index is 0.000784. The highest BCUT2D eigenvalue weighted by atomic mass is 32.2. The Kier molecular flexibility index (Phi) is 64.6. The number of carboxylic acids is 1. The number of terminal acetylenes is 1. The van der Waals surface area contributed by atoms with Crippen molar-refractivity contribution in [2.24, 2.45) is 5.92 Å². The highest BCUT2D eigenvalue weighted by molar-refractivity contribution is 8.13. The molecule has 1 saturated carbocycles. The number of hydrogen-bond acceptors (Lipinski definition) is 36. The van der Waals surface area contributed by atoms with Crippen LogP contribution in [0.2, 0.25) is 0 Å². The highest BCUT2D eigenvalue weighted by Crippen LogP contribution is 2.15. The summed E-state index contributed by atoms with van der Waals surface area (Å²) in [7, 11) is -1.40. The van der Waals surface area contributed by atoms with Crippen molar-refractivity contribution in [2.45, 2.75) is 75.5 Å². The first-order valence-electron chi connectivity index (χ1n) is 28.4. The fourth-order valence-corrected chi connectivity index (χ4v) is 9.82. The molecule has 0 unspecified atom stereocenters. The van der Waals surface area contributed by atoms with Crippen LogP contribution in [0.4, 0.5) is 0 Å². The molecule has 13 N–H and O–H groups in total. The van der Waals surface area contributed by atoms with Gasteiger partial charge in [-0.2, -0.15) is 33.7 Å². The summed E-state index contributed by atoms with van der Waals surface area (Å²) in [5.74, 6) is -6.61. The first kappa shape index (κ1) is 103. The van der Waals surface area contributed by atoms with Crippen LogP contribution in [0.5, 0.6) is 0 Å². The lowest BCUT2D eigenvalue weighted by Crippen LogP contribution is -2.44. The van der Waals surface area contributed by atoms with Crippen molar-refractivity contribution in [3.05, 3.63) is 0 Å². The number of carbonyl (C=O) groups excluding carboxylic acids is 9. The third-order valence-corrected chi connectivity index (χ3v) is 15.3. The summed E-state index contributed by atoms with van der Waals surface area (Å²) in [6, 6.07) is -4.95. The molecule has 1 aliphatic rings. The molecule has 0 spiro atoms. The van der Waals surface area contributed by atoms with Crippen molar-refractivity contribution in [2.75, 3.05) is 179 Å². The summed E-state index contributed by atoms with van der Waals surface area (Å²) in [5.41, 5.74) is 0. The molecule has 0 aliphatic heterocycles. The smallest absolute Gasteiger partial charge is 0.325 e. The first-order valence-corrected chi connectivity index (χ1v) is 35.9. The van der Waals surface area contributed by atoms with Gasteiger partial charge in [-0.1, -0.05) is 24.6 Å². The molecule has 98 heavy (non-hydrogen) atoms. The maximum Gasteiger partial charge on any atom is 0.325 e. The second kappa shape index (κ2) is 61.3. The van der Waals surface area contributed by atoms with E-state index in [-0.39, 0.29) is 62.3 Å². The Balaban J connectivity index is -0.000000261. The van der Waals surface area contributed by atoms with Crippen molar-refractivity contribution in [1.82, 2.24) is 37.2 Å². The predicted molar refractivity (Wildman–Crippen MR) is 349 cm³/mol. The summed E-state index contributed by atoms with van der Waals surface area (Å²) in [6.07, 6.45) is 3.92. The number of nitrogens with one attached hydrogen (secondary N) is 7. The Morgan fingerprint density at radius 3 is 1.18 bits per heavy atom. The normalized spacial score (nSPS) is 14.1. The van der Waals surface area contributed by atoms with Crippen LogP contribution in [-0.4, -0.2) is 342 Å². The number of hydrogen-bond donors (Lipinski definition) is 13. The SMILES string of the molecule is C#CCOCCOCCOCCOCCNC(=O)[C@@H](CC)CS(=O)(=O)O.CN[C@@H](CO)C(=O)OC.CN[C@@H](COC)C(=O)OC.CN[C@@H](CS(=O)(=O)O)C(=O)O.CN[C@@H](CS(=O)(=O)O)C(=O)OC.CN[C@@H](CS(=O)(=O)O)C(=O)OC1C(=O)CCC1=O.CN[C@@H](CSC(C)=O)C(=O)OC. The molecule has 1 aliphatic carbocycles. The van der Waals surface area contributed by atoms with E-state index in [0.717, 1.165) is 18.9 Å². The maximum atomic E-state index is 11.8. The molecule has 1 rings (SSSR count). The van der Waals surface area contributed by atoms with E-state index in [1.807, 2.05) is 0 Å². The monoisotopic (exact) mass is 1530 g/mol. The molecule has 41 nitrogen and oxygen atoms in total.